The van der Waals surface area contributed by atoms with Gasteiger partial charge in [0.15, 0.2) is 0 Å². The number of ether oxygens (including phenoxy) is 2. The summed E-state index contributed by atoms with van der Waals surface area (Å²) in [7, 11) is 1.33. The molecule has 0 atom stereocenters. The predicted octanol–water partition coefficient (Wildman–Crippen LogP) is 2.75. The molecule has 1 N–H and O–H groups in total. The van der Waals surface area contributed by atoms with Gasteiger partial charge in [0.2, 0.25) is 0 Å². The Labute approximate surface area is 140 Å². The molecular weight excluding hydrogens is 306 g/mol. The summed E-state index contributed by atoms with van der Waals surface area (Å²) in [6, 6.07) is 16.2. The third-order valence-corrected chi connectivity index (χ3v) is 3.05. The van der Waals surface area contributed by atoms with Crippen LogP contribution in [0.5, 0.6) is 0 Å². The van der Waals surface area contributed by atoms with Gasteiger partial charge >= 0.3 is 12.1 Å². The molecule has 0 saturated heterocycles. The van der Waals surface area contributed by atoms with Gasteiger partial charge in [-0.05, 0) is 23.8 Å². The van der Waals surface area contributed by atoms with Gasteiger partial charge in [0, 0.05) is 5.56 Å². The predicted molar refractivity (Wildman–Crippen MR) is 89.3 cm³/mol. The molecule has 2 aromatic carbocycles. The topological polar surface area (TPSA) is 64.6 Å². The SMILES string of the molecule is COC(=O)c1cccc(C#CCNC(=O)OCc2ccccc2)c1. The first kappa shape index (κ1) is 17.1. The van der Waals surface area contributed by atoms with Gasteiger partial charge in [0.05, 0.1) is 19.2 Å². The van der Waals surface area contributed by atoms with Gasteiger partial charge in [-0.3, -0.25) is 0 Å². The van der Waals surface area contributed by atoms with E-state index in [2.05, 4.69) is 21.9 Å². The number of alkyl carbamates (subject to hydrolysis) is 1. The number of carbonyl (C=O) groups excluding carboxylic acids is 2. The molecule has 0 fully saturated rings. The number of nitrogens with one attached hydrogen (secondary N) is 1. The molecule has 0 aliphatic heterocycles. The van der Waals surface area contributed by atoms with Crippen molar-refractivity contribution < 1.29 is 19.1 Å². The second kappa shape index (κ2) is 9.01. The maximum atomic E-state index is 11.5. The zero-order chi connectivity index (χ0) is 17.2. The van der Waals surface area contributed by atoms with Crippen molar-refractivity contribution in [2.75, 3.05) is 13.7 Å². The number of hydrogen-bond donors (Lipinski definition) is 1. The second-order valence-electron chi connectivity index (χ2n) is 4.79. The summed E-state index contributed by atoms with van der Waals surface area (Å²) in [4.78, 5) is 23.0. The van der Waals surface area contributed by atoms with Crippen molar-refractivity contribution in [3.8, 4) is 11.8 Å². The van der Waals surface area contributed by atoms with E-state index >= 15 is 0 Å². The fourth-order valence-electron chi connectivity index (χ4n) is 1.88. The molecule has 0 unspecified atom stereocenters. The van der Waals surface area contributed by atoms with E-state index in [0.29, 0.717) is 11.1 Å². The Morgan fingerprint density at radius 2 is 1.88 bits per heavy atom. The molecule has 5 heteroatoms. The van der Waals surface area contributed by atoms with Crippen LogP contribution >= 0.6 is 0 Å². The number of amides is 1. The van der Waals surface area contributed by atoms with Crippen molar-refractivity contribution in [1.29, 1.82) is 0 Å². The molecule has 5 nitrogen and oxygen atoms in total. The maximum absolute atomic E-state index is 11.5. The molecule has 2 aromatic rings. The van der Waals surface area contributed by atoms with Crippen LogP contribution in [0.1, 0.15) is 21.5 Å². The van der Waals surface area contributed by atoms with Crippen molar-refractivity contribution in [3.63, 3.8) is 0 Å². The summed E-state index contributed by atoms with van der Waals surface area (Å²) in [5, 5.41) is 2.55. The van der Waals surface area contributed by atoms with E-state index in [1.165, 1.54) is 7.11 Å². The van der Waals surface area contributed by atoms with Crippen LogP contribution in [0.4, 0.5) is 4.79 Å². The Balaban J connectivity index is 1.79. The number of esters is 1. The highest BCUT2D eigenvalue weighted by Crippen LogP contribution is 2.05. The Morgan fingerprint density at radius 1 is 1.08 bits per heavy atom. The summed E-state index contributed by atoms with van der Waals surface area (Å²) in [5.41, 5.74) is 2.01. The highest BCUT2D eigenvalue weighted by Gasteiger charge is 2.04. The molecule has 0 aliphatic rings. The summed E-state index contributed by atoms with van der Waals surface area (Å²) in [5.74, 6) is 5.25. The van der Waals surface area contributed by atoms with Gasteiger partial charge in [-0.25, -0.2) is 9.59 Å². The lowest BCUT2D eigenvalue weighted by Crippen LogP contribution is -2.24. The van der Waals surface area contributed by atoms with E-state index in [-0.39, 0.29) is 13.2 Å². The van der Waals surface area contributed by atoms with Crippen LogP contribution < -0.4 is 5.32 Å². The molecule has 0 bridgehead atoms. The first-order valence-corrected chi connectivity index (χ1v) is 7.31. The quantitative estimate of drug-likeness (QED) is 0.694. The van der Waals surface area contributed by atoms with Crippen molar-refractivity contribution >= 4 is 12.1 Å². The highest BCUT2D eigenvalue weighted by molar-refractivity contribution is 5.89. The zero-order valence-corrected chi connectivity index (χ0v) is 13.2. The van der Waals surface area contributed by atoms with E-state index in [4.69, 9.17) is 4.74 Å². The first-order chi connectivity index (χ1) is 11.7. The Kier molecular flexibility index (Phi) is 6.42. The Morgan fingerprint density at radius 3 is 2.62 bits per heavy atom. The van der Waals surface area contributed by atoms with Gasteiger partial charge in [0.1, 0.15) is 6.61 Å². The monoisotopic (exact) mass is 323 g/mol. The Bertz CT molecular complexity index is 760. The molecule has 0 aromatic heterocycles. The zero-order valence-electron chi connectivity index (χ0n) is 13.2. The van der Waals surface area contributed by atoms with Crippen molar-refractivity contribution in [3.05, 3.63) is 71.3 Å². The number of methoxy groups -OCH3 is 1. The van der Waals surface area contributed by atoms with Crippen molar-refractivity contribution in [2.24, 2.45) is 0 Å². The first-order valence-electron chi connectivity index (χ1n) is 7.31. The van der Waals surface area contributed by atoms with Crippen molar-refractivity contribution in [2.45, 2.75) is 6.61 Å². The molecule has 24 heavy (non-hydrogen) atoms. The van der Waals surface area contributed by atoms with E-state index in [9.17, 15) is 9.59 Å². The van der Waals surface area contributed by atoms with Crippen LogP contribution in [-0.4, -0.2) is 25.7 Å². The molecule has 0 saturated carbocycles. The smallest absolute Gasteiger partial charge is 0.408 e. The summed E-state index contributed by atoms with van der Waals surface area (Å²) >= 11 is 0. The lowest BCUT2D eigenvalue weighted by Gasteiger charge is -2.04. The molecule has 1 amide bonds. The summed E-state index contributed by atoms with van der Waals surface area (Å²) < 4.78 is 9.72. The minimum atomic E-state index is -0.531. The third-order valence-electron chi connectivity index (χ3n) is 3.05. The molecule has 0 spiro atoms. The fourth-order valence-corrected chi connectivity index (χ4v) is 1.88. The standard InChI is InChI=1S/C19H17NO4/c1-23-18(21)17-11-5-9-15(13-17)10-6-12-20-19(22)24-14-16-7-3-2-4-8-16/h2-5,7-9,11,13H,12,14H2,1H3,(H,20,22). The van der Waals surface area contributed by atoms with E-state index < -0.39 is 12.1 Å². The van der Waals surface area contributed by atoms with E-state index in [1.54, 1.807) is 24.3 Å². The van der Waals surface area contributed by atoms with Crippen LogP contribution in [0.2, 0.25) is 0 Å². The van der Waals surface area contributed by atoms with Crippen LogP contribution in [-0.2, 0) is 16.1 Å². The third kappa shape index (κ3) is 5.50. The average molecular weight is 323 g/mol. The summed E-state index contributed by atoms with van der Waals surface area (Å²) in [6.45, 7) is 0.358. The fraction of sp³-hybridized carbons (Fsp3) is 0.158. The minimum Gasteiger partial charge on any atom is -0.465 e. The Hall–Kier alpha value is -3.26. The normalized spacial score (nSPS) is 9.38. The number of rotatable bonds is 4. The van der Waals surface area contributed by atoms with Crippen LogP contribution in [0.25, 0.3) is 0 Å². The van der Waals surface area contributed by atoms with Gasteiger partial charge in [0.25, 0.3) is 0 Å². The molecule has 122 valence electrons. The number of hydrogen-bond acceptors (Lipinski definition) is 4. The summed E-state index contributed by atoms with van der Waals surface area (Å²) in [6.07, 6.45) is -0.531. The minimum absolute atomic E-state index is 0.149. The molecule has 0 aliphatic carbocycles. The van der Waals surface area contributed by atoms with Crippen LogP contribution in [0.15, 0.2) is 54.6 Å². The molecule has 0 heterocycles. The van der Waals surface area contributed by atoms with E-state index in [1.807, 2.05) is 30.3 Å². The number of benzene rings is 2. The maximum Gasteiger partial charge on any atom is 0.408 e. The van der Waals surface area contributed by atoms with E-state index in [0.717, 1.165) is 5.56 Å². The van der Waals surface area contributed by atoms with Gasteiger partial charge in [-0.1, -0.05) is 48.2 Å². The molecular formula is C19H17NO4. The largest absolute Gasteiger partial charge is 0.465 e. The molecule has 2 rings (SSSR count). The van der Waals surface area contributed by atoms with Gasteiger partial charge in [-0.15, -0.1) is 0 Å². The second-order valence-corrected chi connectivity index (χ2v) is 4.79. The average Bonchev–Trinajstić information content (AvgIpc) is 2.64. The van der Waals surface area contributed by atoms with Crippen molar-refractivity contribution in [1.82, 2.24) is 5.32 Å². The lowest BCUT2D eigenvalue weighted by molar-refractivity contribution is 0.0600. The number of carbonyl (C=O) groups is 2. The van der Waals surface area contributed by atoms with Crippen LogP contribution in [0, 0.1) is 11.8 Å². The molecule has 0 radical (unpaired) electrons. The highest BCUT2D eigenvalue weighted by atomic mass is 16.5. The van der Waals surface area contributed by atoms with Gasteiger partial charge in [-0.2, -0.15) is 0 Å². The van der Waals surface area contributed by atoms with Gasteiger partial charge < -0.3 is 14.8 Å². The lowest BCUT2D eigenvalue weighted by atomic mass is 10.1. The van der Waals surface area contributed by atoms with Crippen LogP contribution in [0.3, 0.4) is 0 Å².